The number of ether oxygens (including phenoxy) is 3. The summed E-state index contributed by atoms with van der Waals surface area (Å²) in [6.07, 6.45) is 3.92. The van der Waals surface area contributed by atoms with E-state index in [1.54, 1.807) is 48.3 Å². The lowest BCUT2D eigenvalue weighted by molar-refractivity contribution is -0.133. The summed E-state index contributed by atoms with van der Waals surface area (Å²) in [4.78, 5) is 40.7. The van der Waals surface area contributed by atoms with Crippen LogP contribution in [0.2, 0.25) is 0 Å². The maximum atomic E-state index is 14.9. The predicted molar refractivity (Wildman–Crippen MR) is 177 cm³/mol. The van der Waals surface area contributed by atoms with Gasteiger partial charge in [0.25, 0.3) is 0 Å². The Morgan fingerprint density at radius 3 is 2.66 bits per heavy atom. The lowest BCUT2D eigenvalue weighted by atomic mass is 10.1. The molecule has 3 atom stereocenters. The molecular formula is C34H32F2N10O4. The van der Waals surface area contributed by atoms with Gasteiger partial charge in [-0.3, -0.25) is 4.79 Å². The topological polar surface area (TPSA) is 138 Å². The molecule has 6 heterocycles. The van der Waals surface area contributed by atoms with Crippen LogP contribution >= 0.6 is 0 Å². The molecule has 2 aliphatic heterocycles. The molecule has 8 rings (SSSR count). The Balaban J connectivity index is 1.22. The van der Waals surface area contributed by atoms with Gasteiger partial charge in [0.2, 0.25) is 5.91 Å². The molecule has 1 fully saturated rings. The number of methoxy groups -OCH3 is 2. The van der Waals surface area contributed by atoms with Crippen LogP contribution in [0.3, 0.4) is 0 Å². The monoisotopic (exact) mass is 682 g/mol. The van der Waals surface area contributed by atoms with Crippen molar-refractivity contribution >= 4 is 33.8 Å². The number of hydrogen-bond acceptors (Lipinski definition) is 11. The first-order chi connectivity index (χ1) is 24.2. The van der Waals surface area contributed by atoms with Crippen molar-refractivity contribution < 1.29 is 27.8 Å². The Morgan fingerprint density at radius 1 is 0.980 bits per heavy atom. The number of aryl methyl sites for hydroxylation is 1. The zero-order chi connectivity index (χ0) is 34.7. The van der Waals surface area contributed by atoms with E-state index in [0.29, 0.717) is 63.6 Å². The number of halogens is 2. The number of imidazole rings is 1. The molecule has 0 saturated carbocycles. The van der Waals surface area contributed by atoms with E-state index in [4.69, 9.17) is 19.2 Å². The third-order valence-electron chi connectivity index (χ3n) is 9.29. The first-order valence-electron chi connectivity index (χ1n) is 16.0. The molecule has 0 unspecified atom stereocenters. The van der Waals surface area contributed by atoms with Crippen LogP contribution in [0.25, 0.3) is 39.0 Å². The van der Waals surface area contributed by atoms with Crippen LogP contribution in [0.1, 0.15) is 12.2 Å². The van der Waals surface area contributed by atoms with Crippen LogP contribution in [0, 0.1) is 18.6 Å². The number of fused-ring (bicyclic) bond motifs is 6. The number of anilines is 1. The standard InChI is InChI=1S/C34H32F2N10O4/c1-18-41-26-10-20(36)9-23-25-7-8-37-34(42-25)50-21-12-28(33(47)43(2)14-22(48-3)16-44(18)30(23)26)45(15-21)31-24-13-40-46(32(24)39-17-38-31)27-6-5-19(35)11-29(27)49-4/h5-11,13,17,21-22,28H,12,14-16H2,1-4H3/t21-,22+,28-/m0/s1. The SMILES string of the molecule is COc1cc(F)ccc1-n1ncc2c(N3C[C@@H]4C[C@H]3C(=O)N(C)C[C@@H](OC)Cn3c(C)nc5cc(F)cc(c53)-c3ccnc(n3)O4)ncnc21. The number of likely N-dealkylation sites (N-methyl/N-ethyl adjacent to an activating group) is 1. The highest BCUT2D eigenvalue weighted by Crippen LogP contribution is 2.35. The summed E-state index contributed by atoms with van der Waals surface area (Å²) >= 11 is 0. The Bertz CT molecular complexity index is 2280. The van der Waals surface area contributed by atoms with E-state index in [1.807, 2.05) is 16.4 Å². The number of nitrogens with zero attached hydrogens (tertiary/aromatic N) is 10. The van der Waals surface area contributed by atoms with Crippen LogP contribution < -0.4 is 14.4 Å². The van der Waals surface area contributed by atoms with Gasteiger partial charge in [0.15, 0.2) is 5.65 Å². The number of aromatic nitrogens is 8. The first-order valence-corrected chi connectivity index (χ1v) is 16.0. The van der Waals surface area contributed by atoms with E-state index in [-0.39, 0.29) is 30.8 Å². The molecule has 2 aliphatic rings. The number of amides is 1. The van der Waals surface area contributed by atoms with Crippen LogP contribution in [-0.4, -0.2) is 103 Å². The van der Waals surface area contributed by atoms with E-state index in [0.717, 1.165) is 0 Å². The predicted octanol–water partition coefficient (Wildman–Crippen LogP) is 3.73. The zero-order valence-electron chi connectivity index (χ0n) is 27.6. The number of carbonyl (C=O) groups excluding carboxylic acids is 1. The highest BCUT2D eigenvalue weighted by molar-refractivity contribution is 5.93. The van der Waals surface area contributed by atoms with Gasteiger partial charge >= 0.3 is 6.01 Å². The summed E-state index contributed by atoms with van der Waals surface area (Å²) in [5.41, 5.74) is 3.10. The highest BCUT2D eigenvalue weighted by atomic mass is 19.1. The van der Waals surface area contributed by atoms with Gasteiger partial charge in [0, 0.05) is 51.0 Å². The second-order valence-corrected chi connectivity index (χ2v) is 12.3. The summed E-state index contributed by atoms with van der Waals surface area (Å²) in [5, 5.41) is 5.12. The molecule has 0 spiro atoms. The summed E-state index contributed by atoms with van der Waals surface area (Å²) in [7, 11) is 4.78. The third-order valence-corrected chi connectivity index (χ3v) is 9.29. The molecule has 1 amide bonds. The fraction of sp³-hybridized carbons (Fsp3) is 0.324. The van der Waals surface area contributed by atoms with Crippen molar-refractivity contribution in [2.24, 2.45) is 0 Å². The first kappa shape index (κ1) is 31.5. The zero-order valence-corrected chi connectivity index (χ0v) is 27.6. The fourth-order valence-electron chi connectivity index (χ4n) is 6.94. The van der Waals surface area contributed by atoms with Crippen molar-refractivity contribution in [3.05, 3.63) is 72.6 Å². The minimum Gasteiger partial charge on any atom is -0.494 e. The maximum Gasteiger partial charge on any atom is 0.317 e. The second kappa shape index (κ2) is 12.3. The molecule has 0 aliphatic carbocycles. The minimum atomic E-state index is -0.689. The second-order valence-electron chi connectivity index (χ2n) is 12.3. The molecule has 0 radical (unpaired) electrons. The van der Waals surface area contributed by atoms with Crippen LogP contribution in [0.15, 0.2) is 55.1 Å². The van der Waals surface area contributed by atoms with Crippen molar-refractivity contribution in [1.82, 2.24) is 44.2 Å². The molecular weight excluding hydrogens is 650 g/mol. The van der Waals surface area contributed by atoms with Crippen LogP contribution in [0.4, 0.5) is 14.6 Å². The lowest BCUT2D eigenvalue weighted by Crippen LogP contribution is -2.47. The van der Waals surface area contributed by atoms with E-state index >= 15 is 0 Å². The molecule has 50 heavy (non-hydrogen) atoms. The number of carbonyl (C=O) groups is 1. The molecule has 0 N–H and O–H groups in total. The number of hydrogen-bond donors (Lipinski definition) is 0. The molecule has 2 aromatic carbocycles. The molecule has 6 aromatic rings. The minimum absolute atomic E-state index is 0.0859. The van der Waals surface area contributed by atoms with Gasteiger partial charge < -0.3 is 28.6 Å². The van der Waals surface area contributed by atoms with Crippen molar-refractivity contribution in [3.8, 4) is 28.7 Å². The van der Waals surface area contributed by atoms with Crippen molar-refractivity contribution in [2.75, 3.05) is 39.3 Å². The highest BCUT2D eigenvalue weighted by Gasteiger charge is 2.42. The van der Waals surface area contributed by atoms with E-state index in [9.17, 15) is 13.6 Å². The Labute approximate surface area is 284 Å². The average molecular weight is 683 g/mol. The largest absolute Gasteiger partial charge is 0.494 e. The molecule has 256 valence electrons. The molecule has 4 bridgehead atoms. The van der Waals surface area contributed by atoms with Crippen molar-refractivity contribution in [1.29, 1.82) is 0 Å². The number of rotatable bonds is 4. The average Bonchev–Trinajstić information content (AvgIpc) is 3.82. The maximum absolute atomic E-state index is 14.9. The Kier molecular flexibility index (Phi) is 7.74. The van der Waals surface area contributed by atoms with Crippen LogP contribution in [-0.2, 0) is 16.1 Å². The van der Waals surface area contributed by atoms with E-state index in [2.05, 4.69) is 25.0 Å². The Hall–Kier alpha value is -5.77. The quantitative estimate of drug-likeness (QED) is 0.269. The van der Waals surface area contributed by atoms with Crippen LogP contribution in [0.5, 0.6) is 11.8 Å². The van der Waals surface area contributed by atoms with Gasteiger partial charge in [0.1, 0.15) is 53.2 Å². The third kappa shape index (κ3) is 5.31. The van der Waals surface area contributed by atoms with Gasteiger partial charge in [-0.25, -0.2) is 33.4 Å². The smallest absolute Gasteiger partial charge is 0.317 e. The van der Waals surface area contributed by atoms with Gasteiger partial charge in [-0.1, -0.05) is 0 Å². The Morgan fingerprint density at radius 2 is 1.84 bits per heavy atom. The normalized spacial score (nSPS) is 19.5. The van der Waals surface area contributed by atoms with E-state index < -0.39 is 29.9 Å². The van der Waals surface area contributed by atoms with Gasteiger partial charge in [-0.2, -0.15) is 10.1 Å². The molecule has 1 saturated heterocycles. The summed E-state index contributed by atoms with van der Waals surface area (Å²) in [5.74, 6) is 0.342. The van der Waals surface area contributed by atoms with Crippen molar-refractivity contribution in [2.45, 2.75) is 38.1 Å². The van der Waals surface area contributed by atoms with Gasteiger partial charge in [-0.05, 0) is 31.2 Å². The molecule has 16 heteroatoms. The summed E-state index contributed by atoms with van der Waals surface area (Å²) in [6, 6.07) is 8.06. The fourth-order valence-corrected chi connectivity index (χ4v) is 6.94. The van der Waals surface area contributed by atoms with Crippen molar-refractivity contribution in [3.63, 3.8) is 0 Å². The molecule has 4 aromatic heterocycles. The molecule has 14 nitrogen and oxygen atoms in total. The van der Waals surface area contributed by atoms with E-state index in [1.165, 1.54) is 37.7 Å². The van der Waals surface area contributed by atoms with Gasteiger partial charge in [0.05, 0.1) is 54.6 Å². The summed E-state index contributed by atoms with van der Waals surface area (Å²) < 4.78 is 50.1. The lowest BCUT2D eigenvalue weighted by Gasteiger charge is -2.30. The summed E-state index contributed by atoms with van der Waals surface area (Å²) in [6.45, 7) is 2.72. The van der Waals surface area contributed by atoms with Gasteiger partial charge in [-0.15, -0.1) is 0 Å². The number of benzene rings is 2.